The van der Waals surface area contributed by atoms with Gasteiger partial charge in [0.25, 0.3) is 0 Å². The van der Waals surface area contributed by atoms with Crippen LogP contribution >= 0.6 is 0 Å². The standard InChI is InChI=1S/C105H82N13O/c1-5-6-7-24-57-119-104-84(80-64-98(90-29-12-20-53-110-90)116-99(65-80)91-30-13-21-54-111-91)58-76(59-85(104)81-66-100(92-31-14-22-55-112-92)117-101(67-81)93-32-15-23-56-113-93)73-43-47-83(48-44-73)118-102(74-37-33-70(34-38-74)77-60-94(86-25-8-16-49-106-86)114-95(61-77)87-26-9-17-50-107-87)68-79(72-41-45-82(46-42-72)105(2,3)4)69-103(118)75-39-35-71(36-40-75)78-62-96(88-27-10-18-51-108-88)115-97(63-78)89-28-11-19-52-109-89/h8-23,25-56,58-69H,5-7,24,57H2,1-4H3/q+1. The SMILES string of the molecule is CCCCCCOc1c(-c2cc(-c3ccccn3)nc(-c3ccccn3)c2)cc(-c2ccc(-[n+]3c(-c4ccc(-c5cc(-c6ccccn6)nc(-c6ccccn6)c5)cc4)cc(-c4ccc(C(C)(C)C)cc4)cc3-c3ccc(-c4cc(-c5ccccn5)nc(-c5ccccn5)c4)cc3)cc2)cc1-c1cc(-c2ccccn2)nc(-c2ccccn2)c1. The van der Waals surface area contributed by atoms with Crippen LogP contribution in [0.5, 0.6) is 5.75 Å². The molecule has 0 bridgehead atoms. The number of benzene rings is 5. The molecule has 0 fully saturated rings. The van der Waals surface area contributed by atoms with Crippen molar-refractivity contribution in [3.8, 4) is 192 Å². The van der Waals surface area contributed by atoms with Gasteiger partial charge in [0, 0.05) is 96.1 Å². The Hall–Kier alpha value is -15.2. The molecule has 0 aliphatic rings. The molecule has 5 aromatic carbocycles. The summed E-state index contributed by atoms with van der Waals surface area (Å²) in [7, 11) is 0. The molecule has 119 heavy (non-hydrogen) atoms. The normalized spacial score (nSPS) is 11.4. The van der Waals surface area contributed by atoms with Crippen molar-refractivity contribution in [2.75, 3.05) is 6.61 Å². The van der Waals surface area contributed by atoms with Crippen molar-refractivity contribution >= 4 is 0 Å². The maximum atomic E-state index is 7.38. The Labute approximate surface area is 692 Å². The van der Waals surface area contributed by atoms with Crippen LogP contribution in [-0.4, -0.2) is 66.4 Å². The predicted octanol–water partition coefficient (Wildman–Crippen LogP) is 24.6. The van der Waals surface area contributed by atoms with E-state index >= 15 is 0 Å². The van der Waals surface area contributed by atoms with Crippen LogP contribution in [0.15, 0.2) is 365 Å². The molecule has 0 aliphatic carbocycles. The Morgan fingerprint density at radius 1 is 0.244 bits per heavy atom. The summed E-state index contributed by atoms with van der Waals surface area (Å²) in [5, 5.41) is 0. The van der Waals surface area contributed by atoms with Crippen molar-refractivity contribution in [1.29, 1.82) is 0 Å². The van der Waals surface area contributed by atoms with Gasteiger partial charge in [0.15, 0.2) is 0 Å². The summed E-state index contributed by atoms with van der Waals surface area (Å²) in [6.45, 7) is 9.49. The molecule has 18 aromatic rings. The molecule has 0 atom stereocenters. The number of hydrogen-bond acceptors (Lipinski definition) is 13. The van der Waals surface area contributed by atoms with Crippen molar-refractivity contribution in [2.24, 2.45) is 0 Å². The van der Waals surface area contributed by atoms with Crippen LogP contribution < -0.4 is 9.30 Å². The first-order chi connectivity index (χ1) is 58.5. The van der Waals surface area contributed by atoms with E-state index in [2.05, 4.69) is 202 Å². The number of pyridine rings is 13. The van der Waals surface area contributed by atoms with Gasteiger partial charge in [0.05, 0.1) is 97.7 Å². The number of rotatable bonds is 23. The molecule has 572 valence electrons. The van der Waals surface area contributed by atoms with Crippen LogP contribution in [0.1, 0.15) is 58.9 Å². The summed E-state index contributed by atoms with van der Waals surface area (Å²) in [5.41, 5.74) is 29.3. The van der Waals surface area contributed by atoms with Crippen LogP contribution in [0.4, 0.5) is 0 Å². The van der Waals surface area contributed by atoms with Gasteiger partial charge >= 0.3 is 0 Å². The molecule has 18 rings (SSSR count). The molecule has 0 spiro atoms. The fourth-order valence-corrected chi connectivity index (χ4v) is 15.1. The molecule has 14 heteroatoms. The van der Waals surface area contributed by atoms with Crippen LogP contribution in [0, 0.1) is 0 Å². The number of ether oxygens (including phenoxy) is 1. The minimum atomic E-state index is -0.0628. The summed E-state index contributed by atoms with van der Waals surface area (Å²) in [4.78, 5) is 59.4. The lowest BCUT2D eigenvalue weighted by Crippen LogP contribution is -2.36. The topological polar surface area (TPSA) is 168 Å². The maximum absolute atomic E-state index is 7.38. The van der Waals surface area contributed by atoms with E-state index in [9.17, 15) is 0 Å². The summed E-state index contributed by atoms with van der Waals surface area (Å²) in [6, 6.07) is 109. The van der Waals surface area contributed by atoms with E-state index in [-0.39, 0.29) is 5.41 Å². The van der Waals surface area contributed by atoms with Gasteiger partial charge in [-0.05, 0) is 267 Å². The van der Waals surface area contributed by atoms with Crippen LogP contribution in [0.3, 0.4) is 0 Å². The first-order valence-corrected chi connectivity index (χ1v) is 40.3. The quantitative estimate of drug-likeness (QED) is 0.0439. The highest BCUT2D eigenvalue weighted by atomic mass is 16.5. The third kappa shape index (κ3) is 16.8. The van der Waals surface area contributed by atoms with E-state index in [0.717, 1.165) is 189 Å². The molecule has 0 N–H and O–H groups in total. The second-order valence-corrected chi connectivity index (χ2v) is 30.4. The minimum absolute atomic E-state index is 0.0628. The van der Waals surface area contributed by atoms with Crippen molar-refractivity contribution in [3.05, 3.63) is 371 Å². The zero-order valence-electron chi connectivity index (χ0n) is 66.4. The second kappa shape index (κ2) is 34.1. The first kappa shape index (κ1) is 75.2. The summed E-state index contributed by atoms with van der Waals surface area (Å²) in [6.07, 6.45) is 18.5. The minimum Gasteiger partial charge on any atom is -0.492 e. The number of nitrogens with zero attached hydrogens (tertiary/aromatic N) is 13. The highest BCUT2D eigenvalue weighted by Gasteiger charge is 2.29. The first-order valence-electron chi connectivity index (χ1n) is 40.3. The van der Waals surface area contributed by atoms with Crippen LogP contribution in [0.25, 0.3) is 186 Å². The molecule has 0 radical (unpaired) electrons. The van der Waals surface area contributed by atoms with Gasteiger partial charge in [-0.25, -0.2) is 19.9 Å². The van der Waals surface area contributed by atoms with Gasteiger partial charge < -0.3 is 4.74 Å². The zero-order chi connectivity index (χ0) is 80.4. The van der Waals surface area contributed by atoms with E-state index in [0.29, 0.717) is 35.1 Å². The van der Waals surface area contributed by atoms with Crippen molar-refractivity contribution < 1.29 is 9.30 Å². The lowest BCUT2D eigenvalue weighted by atomic mass is 9.86. The highest BCUT2D eigenvalue weighted by molar-refractivity contribution is 5.92. The Bertz CT molecular complexity index is 6000. The van der Waals surface area contributed by atoms with Crippen molar-refractivity contribution in [3.63, 3.8) is 0 Å². The van der Waals surface area contributed by atoms with Gasteiger partial charge in [-0.2, -0.15) is 4.57 Å². The molecule has 0 unspecified atom stereocenters. The summed E-state index contributed by atoms with van der Waals surface area (Å²) < 4.78 is 9.79. The third-order valence-corrected chi connectivity index (χ3v) is 21.3. The van der Waals surface area contributed by atoms with Crippen LogP contribution in [-0.2, 0) is 5.41 Å². The van der Waals surface area contributed by atoms with Gasteiger partial charge in [-0.15, -0.1) is 0 Å². The fourth-order valence-electron chi connectivity index (χ4n) is 15.1. The molecule has 0 aliphatic heterocycles. The largest absolute Gasteiger partial charge is 0.492 e. The van der Waals surface area contributed by atoms with Gasteiger partial charge in [-0.1, -0.05) is 144 Å². The predicted molar refractivity (Wildman–Crippen MR) is 477 cm³/mol. The van der Waals surface area contributed by atoms with Gasteiger partial charge in [0.1, 0.15) is 5.75 Å². The maximum Gasteiger partial charge on any atom is 0.219 e. The van der Waals surface area contributed by atoms with E-state index in [1.54, 1.807) is 49.6 Å². The van der Waals surface area contributed by atoms with E-state index in [1.165, 1.54) is 5.56 Å². The summed E-state index contributed by atoms with van der Waals surface area (Å²) >= 11 is 0. The molecule has 13 heterocycles. The molecule has 0 saturated carbocycles. The van der Waals surface area contributed by atoms with E-state index < -0.39 is 0 Å². The fraction of sp³-hybridized carbons (Fsp3) is 0.0952. The van der Waals surface area contributed by atoms with E-state index in [4.69, 9.17) is 64.5 Å². The molecule has 14 nitrogen and oxygen atoms in total. The van der Waals surface area contributed by atoms with E-state index in [1.807, 2.05) is 146 Å². The lowest BCUT2D eigenvalue weighted by molar-refractivity contribution is -0.572. The average Bonchev–Trinajstić information content (AvgIpc) is 0.761. The molecular weight excluding hydrogens is 1460 g/mol. The molecule has 0 saturated heterocycles. The van der Waals surface area contributed by atoms with Crippen molar-refractivity contribution in [1.82, 2.24) is 59.8 Å². The van der Waals surface area contributed by atoms with Gasteiger partial charge in [0.2, 0.25) is 17.1 Å². The summed E-state index contributed by atoms with van der Waals surface area (Å²) in [5.74, 6) is 0.713. The Balaban J connectivity index is 0.856. The molecular formula is C105H82N13O+. The average molecular weight is 1540 g/mol. The second-order valence-electron chi connectivity index (χ2n) is 30.4. The van der Waals surface area contributed by atoms with Crippen LogP contribution in [0.2, 0.25) is 0 Å². The third-order valence-electron chi connectivity index (χ3n) is 21.3. The molecule has 0 amide bonds. The smallest absolute Gasteiger partial charge is 0.219 e. The lowest BCUT2D eigenvalue weighted by Gasteiger charge is -2.21. The highest BCUT2D eigenvalue weighted by Crippen LogP contribution is 2.47. The Morgan fingerprint density at radius 2 is 0.504 bits per heavy atom. The monoisotopic (exact) mass is 1540 g/mol. The Morgan fingerprint density at radius 3 is 0.782 bits per heavy atom. The molecule has 13 aromatic heterocycles. The Kier molecular flexibility index (Phi) is 21.6. The zero-order valence-corrected chi connectivity index (χ0v) is 66.4. The number of unbranched alkanes of at least 4 members (excludes halogenated alkanes) is 3. The number of hydrogen-bond donors (Lipinski definition) is 0. The van der Waals surface area contributed by atoms with Gasteiger partial charge in [-0.3, -0.25) is 39.9 Å². The van der Waals surface area contributed by atoms with Crippen molar-refractivity contribution in [2.45, 2.75) is 58.8 Å². The number of aromatic nitrogens is 13.